The molecule has 1 aliphatic heterocycles. The molecule has 1 fully saturated rings. The lowest BCUT2D eigenvalue weighted by Crippen LogP contribution is -2.49. The highest BCUT2D eigenvalue weighted by molar-refractivity contribution is 5.94. The zero-order chi connectivity index (χ0) is 17.3. The Bertz CT molecular complexity index is 770. The Morgan fingerprint density at radius 2 is 1.71 bits per heavy atom. The molecule has 3 rings (SSSR count). The Hall–Kier alpha value is -2.50. The molecule has 1 amide bonds. The van der Waals surface area contributed by atoms with Crippen molar-refractivity contribution in [3.05, 3.63) is 52.7 Å². The van der Waals surface area contributed by atoms with Crippen LogP contribution in [0.2, 0.25) is 0 Å². The molecule has 0 atom stereocenters. The number of pyridine rings is 2. The molecule has 126 valence electrons. The number of carbonyl (C=O) groups excluding carboxylic acids is 1. The summed E-state index contributed by atoms with van der Waals surface area (Å²) in [6.45, 7) is 8.39. The minimum Gasteiger partial charge on any atom is -0.353 e. The van der Waals surface area contributed by atoms with Crippen LogP contribution in [-0.2, 0) is 0 Å². The molecular weight excluding hydrogens is 307 g/mol. The molecule has 0 bridgehead atoms. The van der Waals surface area contributed by atoms with Crippen molar-refractivity contribution in [1.82, 2.24) is 14.9 Å². The van der Waals surface area contributed by atoms with E-state index in [2.05, 4.69) is 27.9 Å². The highest BCUT2D eigenvalue weighted by Gasteiger charge is 2.24. The lowest BCUT2D eigenvalue weighted by Gasteiger charge is -2.36. The van der Waals surface area contributed by atoms with E-state index in [0.29, 0.717) is 24.2 Å². The number of hydrogen-bond acceptors (Lipinski definition) is 4. The summed E-state index contributed by atoms with van der Waals surface area (Å²) in [7, 11) is 0. The minimum absolute atomic E-state index is 0.0983. The lowest BCUT2D eigenvalue weighted by molar-refractivity contribution is 0.0746. The molecule has 0 radical (unpaired) electrons. The fourth-order valence-electron chi connectivity index (χ4n) is 3.02. The van der Waals surface area contributed by atoms with E-state index < -0.39 is 5.95 Å². The van der Waals surface area contributed by atoms with Crippen molar-refractivity contribution in [2.75, 3.05) is 31.1 Å². The molecule has 2 aromatic heterocycles. The van der Waals surface area contributed by atoms with Crippen LogP contribution >= 0.6 is 0 Å². The molecule has 0 aliphatic carbocycles. The number of piperazine rings is 1. The van der Waals surface area contributed by atoms with Gasteiger partial charge in [0.1, 0.15) is 5.82 Å². The molecule has 0 unspecified atom stereocenters. The fourth-order valence-corrected chi connectivity index (χ4v) is 3.02. The largest absolute Gasteiger partial charge is 0.353 e. The van der Waals surface area contributed by atoms with Gasteiger partial charge in [0, 0.05) is 44.1 Å². The number of aromatic nitrogens is 2. The number of halogens is 1. The van der Waals surface area contributed by atoms with Crippen molar-refractivity contribution in [2.24, 2.45) is 0 Å². The SMILES string of the molecule is Cc1cnc(N2CCN(C(=O)c3cnc(F)c(C)c3)CC2)c(C)c1. The summed E-state index contributed by atoms with van der Waals surface area (Å²) in [4.78, 5) is 24.7. The Morgan fingerprint density at radius 1 is 1.00 bits per heavy atom. The standard InChI is InChI=1S/C18H21FN4O/c1-12-8-14(3)17(21-10-12)22-4-6-23(7-5-22)18(24)15-9-13(2)16(19)20-11-15/h8-11H,4-7H2,1-3H3. The minimum atomic E-state index is -0.530. The van der Waals surface area contributed by atoms with Crippen LogP contribution in [0.4, 0.5) is 10.2 Å². The summed E-state index contributed by atoms with van der Waals surface area (Å²) in [6.07, 6.45) is 3.18. The topological polar surface area (TPSA) is 49.3 Å². The van der Waals surface area contributed by atoms with Gasteiger partial charge in [-0.2, -0.15) is 4.39 Å². The highest BCUT2D eigenvalue weighted by atomic mass is 19.1. The number of aryl methyl sites for hydroxylation is 3. The maximum atomic E-state index is 13.3. The molecule has 2 aromatic rings. The van der Waals surface area contributed by atoms with Gasteiger partial charge in [0.15, 0.2) is 0 Å². The average molecular weight is 328 g/mol. The zero-order valence-electron chi connectivity index (χ0n) is 14.2. The van der Waals surface area contributed by atoms with Crippen LogP contribution in [0.15, 0.2) is 24.5 Å². The van der Waals surface area contributed by atoms with Crippen LogP contribution in [0.5, 0.6) is 0 Å². The first-order chi connectivity index (χ1) is 11.5. The summed E-state index contributed by atoms with van der Waals surface area (Å²) < 4.78 is 13.3. The van der Waals surface area contributed by atoms with Gasteiger partial charge in [0.25, 0.3) is 5.91 Å². The van der Waals surface area contributed by atoms with Crippen molar-refractivity contribution in [2.45, 2.75) is 20.8 Å². The van der Waals surface area contributed by atoms with Gasteiger partial charge in [-0.25, -0.2) is 9.97 Å². The summed E-state index contributed by atoms with van der Waals surface area (Å²) in [5.41, 5.74) is 3.11. The summed E-state index contributed by atoms with van der Waals surface area (Å²) in [5.74, 6) is 0.350. The fraction of sp³-hybridized carbons (Fsp3) is 0.389. The van der Waals surface area contributed by atoms with Crippen LogP contribution in [0.3, 0.4) is 0 Å². The van der Waals surface area contributed by atoms with Crippen molar-refractivity contribution < 1.29 is 9.18 Å². The van der Waals surface area contributed by atoms with Crippen molar-refractivity contribution in [3.8, 4) is 0 Å². The van der Waals surface area contributed by atoms with E-state index in [1.54, 1.807) is 17.9 Å². The molecular formula is C18H21FN4O. The van der Waals surface area contributed by atoms with Crippen molar-refractivity contribution >= 4 is 11.7 Å². The normalized spacial score (nSPS) is 14.8. The average Bonchev–Trinajstić information content (AvgIpc) is 2.57. The predicted molar refractivity (Wildman–Crippen MR) is 90.8 cm³/mol. The smallest absolute Gasteiger partial charge is 0.255 e. The zero-order valence-corrected chi connectivity index (χ0v) is 14.2. The molecule has 0 spiro atoms. The molecule has 0 N–H and O–H groups in total. The number of hydrogen-bond donors (Lipinski definition) is 0. The summed E-state index contributed by atoms with van der Waals surface area (Å²) in [6, 6.07) is 3.68. The Balaban J connectivity index is 1.68. The van der Waals surface area contributed by atoms with Crippen LogP contribution in [0.25, 0.3) is 0 Å². The van der Waals surface area contributed by atoms with Gasteiger partial charge in [0.2, 0.25) is 5.95 Å². The van der Waals surface area contributed by atoms with Crippen molar-refractivity contribution in [3.63, 3.8) is 0 Å². The third-order valence-corrected chi connectivity index (χ3v) is 4.32. The van der Waals surface area contributed by atoms with E-state index >= 15 is 0 Å². The molecule has 3 heterocycles. The highest BCUT2D eigenvalue weighted by Crippen LogP contribution is 2.20. The maximum Gasteiger partial charge on any atom is 0.255 e. The van der Waals surface area contributed by atoms with Gasteiger partial charge in [0.05, 0.1) is 5.56 Å². The predicted octanol–water partition coefficient (Wildman–Crippen LogP) is 2.50. The second-order valence-corrected chi connectivity index (χ2v) is 6.26. The van der Waals surface area contributed by atoms with Gasteiger partial charge in [-0.3, -0.25) is 4.79 Å². The van der Waals surface area contributed by atoms with E-state index in [4.69, 9.17) is 0 Å². The lowest BCUT2D eigenvalue weighted by atomic mass is 10.1. The molecule has 6 heteroatoms. The van der Waals surface area contributed by atoms with Crippen LogP contribution < -0.4 is 4.90 Å². The number of rotatable bonds is 2. The van der Waals surface area contributed by atoms with E-state index in [0.717, 1.165) is 30.0 Å². The van der Waals surface area contributed by atoms with Crippen molar-refractivity contribution in [1.29, 1.82) is 0 Å². The van der Waals surface area contributed by atoms with E-state index in [9.17, 15) is 9.18 Å². The maximum absolute atomic E-state index is 13.3. The van der Waals surface area contributed by atoms with E-state index in [-0.39, 0.29) is 5.91 Å². The molecule has 1 saturated heterocycles. The number of carbonyl (C=O) groups is 1. The van der Waals surface area contributed by atoms with Crippen LogP contribution in [-0.4, -0.2) is 47.0 Å². The molecule has 0 aromatic carbocycles. The number of anilines is 1. The third-order valence-electron chi connectivity index (χ3n) is 4.32. The quantitative estimate of drug-likeness (QED) is 0.795. The molecule has 5 nitrogen and oxygen atoms in total. The monoisotopic (exact) mass is 328 g/mol. The van der Waals surface area contributed by atoms with Gasteiger partial charge >= 0.3 is 0 Å². The summed E-state index contributed by atoms with van der Waals surface area (Å²) >= 11 is 0. The first kappa shape index (κ1) is 16.4. The Kier molecular flexibility index (Phi) is 4.46. The van der Waals surface area contributed by atoms with E-state index in [1.807, 2.05) is 13.1 Å². The Morgan fingerprint density at radius 3 is 2.33 bits per heavy atom. The first-order valence-electron chi connectivity index (χ1n) is 8.05. The molecule has 0 saturated carbocycles. The summed E-state index contributed by atoms with van der Waals surface area (Å²) in [5, 5.41) is 0. The van der Waals surface area contributed by atoms with Gasteiger partial charge in [-0.1, -0.05) is 6.07 Å². The molecule has 1 aliphatic rings. The van der Waals surface area contributed by atoms with Crippen LogP contribution in [0, 0.1) is 26.7 Å². The van der Waals surface area contributed by atoms with Crippen LogP contribution in [0.1, 0.15) is 27.0 Å². The van der Waals surface area contributed by atoms with Gasteiger partial charge in [-0.05, 0) is 38.0 Å². The van der Waals surface area contributed by atoms with Gasteiger partial charge in [-0.15, -0.1) is 0 Å². The number of nitrogens with zero attached hydrogens (tertiary/aromatic N) is 4. The number of amides is 1. The Labute approximate surface area is 141 Å². The second kappa shape index (κ2) is 6.55. The second-order valence-electron chi connectivity index (χ2n) is 6.26. The van der Waals surface area contributed by atoms with Gasteiger partial charge < -0.3 is 9.80 Å². The van der Waals surface area contributed by atoms with E-state index in [1.165, 1.54) is 6.20 Å². The molecule has 24 heavy (non-hydrogen) atoms. The first-order valence-corrected chi connectivity index (χ1v) is 8.05. The third kappa shape index (κ3) is 3.22.